The molecule has 15 heavy (non-hydrogen) atoms. The van der Waals surface area contributed by atoms with Gasteiger partial charge in [0.15, 0.2) is 0 Å². The van der Waals surface area contributed by atoms with E-state index in [-0.39, 0.29) is 5.91 Å². The normalized spacial score (nSPS) is 10.1. The fourth-order valence-electron chi connectivity index (χ4n) is 0.997. The molecule has 1 aromatic carbocycles. The third-order valence-corrected chi connectivity index (χ3v) is 1.55. The maximum atomic E-state index is 11.8. The molecule has 3 nitrogen and oxygen atoms in total. The molecule has 82 valence electrons. The van der Waals surface area contributed by atoms with Gasteiger partial charge in [-0.3, -0.25) is 4.79 Å². The van der Waals surface area contributed by atoms with Crippen molar-refractivity contribution in [3.63, 3.8) is 0 Å². The molecule has 1 rings (SSSR count). The third kappa shape index (κ3) is 4.39. The minimum atomic E-state index is -2.49. The van der Waals surface area contributed by atoms with Crippen molar-refractivity contribution in [2.24, 2.45) is 0 Å². The molecule has 0 heterocycles. The van der Waals surface area contributed by atoms with Crippen molar-refractivity contribution in [2.45, 2.75) is 13.3 Å². The second-order valence-electron chi connectivity index (χ2n) is 2.91. The Labute approximate surface area is 86.0 Å². The Morgan fingerprint density at radius 3 is 2.47 bits per heavy atom. The summed E-state index contributed by atoms with van der Waals surface area (Å²) in [6, 6.07) is 6.21. The summed E-state index contributed by atoms with van der Waals surface area (Å²) >= 11 is 0. The van der Waals surface area contributed by atoms with Gasteiger partial charge in [-0.1, -0.05) is 0 Å². The highest BCUT2D eigenvalue weighted by molar-refractivity contribution is 5.88. The van der Waals surface area contributed by atoms with Crippen LogP contribution in [0.15, 0.2) is 24.3 Å². The molecule has 0 saturated carbocycles. The summed E-state index contributed by atoms with van der Waals surface area (Å²) in [5, 5.41) is 2.55. The molecule has 0 atom stereocenters. The number of nitrogens with one attached hydrogen (secondary N) is 1. The topological polar surface area (TPSA) is 38.3 Å². The highest BCUT2D eigenvalue weighted by Gasteiger charge is 2.03. The van der Waals surface area contributed by atoms with Crippen LogP contribution < -0.4 is 10.1 Å². The predicted octanol–water partition coefficient (Wildman–Crippen LogP) is 2.29. The zero-order chi connectivity index (χ0) is 11.3. The lowest BCUT2D eigenvalue weighted by Crippen LogP contribution is -2.07. The van der Waals surface area contributed by atoms with Gasteiger partial charge in [0.1, 0.15) is 12.4 Å². The van der Waals surface area contributed by atoms with Gasteiger partial charge in [-0.05, 0) is 24.3 Å². The SMILES string of the molecule is CC(=O)Nc1ccc(OCC(F)F)cc1. The summed E-state index contributed by atoms with van der Waals surface area (Å²) in [5.41, 5.74) is 0.604. The highest BCUT2D eigenvalue weighted by atomic mass is 19.3. The van der Waals surface area contributed by atoms with Crippen LogP contribution in [0.1, 0.15) is 6.92 Å². The van der Waals surface area contributed by atoms with Crippen LogP contribution in [-0.2, 0) is 4.79 Å². The summed E-state index contributed by atoms with van der Waals surface area (Å²) in [6.07, 6.45) is -2.49. The summed E-state index contributed by atoms with van der Waals surface area (Å²) in [4.78, 5) is 10.7. The molecule has 0 aliphatic rings. The van der Waals surface area contributed by atoms with E-state index in [4.69, 9.17) is 4.74 Å². The zero-order valence-corrected chi connectivity index (χ0v) is 8.17. The van der Waals surface area contributed by atoms with Crippen molar-refractivity contribution in [3.05, 3.63) is 24.3 Å². The molecule has 1 amide bonds. The minimum absolute atomic E-state index is 0.184. The molecule has 0 bridgehead atoms. The number of hydrogen-bond acceptors (Lipinski definition) is 2. The van der Waals surface area contributed by atoms with Gasteiger partial charge in [0.2, 0.25) is 5.91 Å². The lowest BCUT2D eigenvalue weighted by molar-refractivity contribution is -0.114. The smallest absolute Gasteiger partial charge is 0.272 e. The number of carbonyl (C=O) groups excluding carboxylic acids is 1. The van der Waals surface area contributed by atoms with Crippen molar-refractivity contribution in [1.82, 2.24) is 0 Å². The van der Waals surface area contributed by atoms with Crippen LogP contribution in [0.2, 0.25) is 0 Å². The molecule has 0 aliphatic carbocycles. The summed E-state index contributed by atoms with van der Waals surface area (Å²) < 4.78 is 28.3. The fraction of sp³-hybridized carbons (Fsp3) is 0.300. The van der Waals surface area contributed by atoms with Crippen LogP contribution in [0.5, 0.6) is 5.75 Å². The van der Waals surface area contributed by atoms with Crippen LogP contribution >= 0.6 is 0 Å². The molecule has 5 heteroatoms. The van der Waals surface area contributed by atoms with Crippen LogP contribution in [0.25, 0.3) is 0 Å². The van der Waals surface area contributed by atoms with E-state index < -0.39 is 13.0 Å². The fourth-order valence-corrected chi connectivity index (χ4v) is 0.997. The molecule has 1 N–H and O–H groups in total. The Balaban J connectivity index is 2.52. The molecule has 1 aromatic rings. The predicted molar refractivity (Wildman–Crippen MR) is 52.2 cm³/mol. The van der Waals surface area contributed by atoms with E-state index in [1.54, 1.807) is 12.1 Å². The van der Waals surface area contributed by atoms with Crippen molar-refractivity contribution < 1.29 is 18.3 Å². The van der Waals surface area contributed by atoms with Gasteiger partial charge in [0.25, 0.3) is 6.43 Å². The maximum Gasteiger partial charge on any atom is 0.272 e. The maximum absolute atomic E-state index is 11.8. The molecule has 0 saturated heterocycles. The Kier molecular flexibility index (Phi) is 4.03. The molecular weight excluding hydrogens is 204 g/mol. The minimum Gasteiger partial charge on any atom is -0.488 e. The van der Waals surface area contributed by atoms with Gasteiger partial charge < -0.3 is 10.1 Å². The van der Waals surface area contributed by atoms with E-state index in [1.165, 1.54) is 19.1 Å². The highest BCUT2D eigenvalue weighted by Crippen LogP contribution is 2.16. The van der Waals surface area contributed by atoms with Gasteiger partial charge >= 0.3 is 0 Å². The lowest BCUT2D eigenvalue weighted by Gasteiger charge is -2.06. The molecule has 0 aliphatic heterocycles. The Morgan fingerprint density at radius 1 is 1.40 bits per heavy atom. The second kappa shape index (κ2) is 5.29. The Hall–Kier alpha value is -1.65. The van der Waals surface area contributed by atoms with E-state index in [9.17, 15) is 13.6 Å². The molecule has 0 spiro atoms. The quantitative estimate of drug-likeness (QED) is 0.836. The Morgan fingerprint density at radius 2 is 2.00 bits per heavy atom. The molecule has 0 fully saturated rings. The summed E-state index contributed by atoms with van der Waals surface area (Å²) in [6.45, 7) is 0.765. The summed E-state index contributed by atoms with van der Waals surface area (Å²) in [5.74, 6) is 0.167. The number of halogens is 2. The molecule has 0 radical (unpaired) electrons. The first-order chi connectivity index (χ1) is 7.08. The Bertz CT molecular complexity index is 325. The van der Waals surface area contributed by atoms with E-state index in [0.29, 0.717) is 11.4 Å². The van der Waals surface area contributed by atoms with E-state index in [1.807, 2.05) is 0 Å². The van der Waals surface area contributed by atoms with E-state index in [2.05, 4.69) is 5.32 Å². The first-order valence-corrected chi connectivity index (χ1v) is 4.36. The largest absolute Gasteiger partial charge is 0.488 e. The molecule has 0 unspecified atom stereocenters. The van der Waals surface area contributed by atoms with Gasteiger partial charge in [-0.2, -0.15) is 0 Å². The average molecular weight is 215 g/mol. The van der Waals surface area contributed by atoms with Crippen molar-refractivity contribution >= 4 is 11.6 Å². The van der Waals surface area contributed by atoms with Crippen molar-refractivity contribution in [1.29, 1.82) is 0 Å². The van der Waals surface area contributed by atoms with Crippen molar-refractivity contribution in [2.75, 3.05) is 11.9 Å². The number of amides is 1. The number of anilines is 1. The van der Waals surface area contributed by atoms with E-state index >= 15 is 0 Å². The number of ether oxygens (including phenoxy) is 1. The third-order valence-electron chi connectivity index (χ3n) is 1.55. The van der Waals surface area contributed by atoms with Crippen LogP contribution in [0.3, 0.4) is 0 Å². The van der Waals surface area contributed by atoms with Gasteiger partial charge in [0.05, 0.1) is 0 Å². The number of carbonyl (C=O) groups is 1. The van der Waals surface area contributed by atoms with Crippen LogP contribution in [0.4, 0.5) is 14.5 Å². The zero-order valence-electron chi connectivity index (χ0n) is 8.17. The van der Waals surface area contributed by atoms with E-state index in [0.717, 1.165) is 0 Å². The van der Waals surface area contributed by atoms with Crippen LogP contribution in [0, 0.1) is 0 Å². The average Bonchev–Trinajstić information content (AvgIpc) is 2.16. The van der Waals surface area contributed by atoms with Crippen LogP contribution in [-0.4, -0.2) is 18.9 Å². The lowest BCUT2D eigenvalue weighted by atomic mass is 10.3. The first kappa shape index (κ1) is 11.4. The first-order valence-electron chi connectivity index (χ1n) is 4.36. The van der Waals surface area contributed by atoms with Gasteiger partial charge in [-0.25, -0.2) is 8.78 Å². The standard InChI is InChI=1S/C10H11F2NO2/c1-7(14)13-8-2-4-9(5-3-8)15-6-10(11)12/h2-5,10H,6H2,1H3,(H,13,14). The number of benzene rings is 1. The number of alkyl halides is 2. The van der Waals surface area contributed by atoms with Gasteiger partial charge in [-0.15, -0.1) is 0 Å². The van der Waals surface area contributed by atoms with Gasteiger partial charge in [0, 0.05) is 12.6 Å². The number of hydrogen-bond donors (Lipinski definition) is 1. The van der Waals surface area contributed by atoms with Crippen molar-refractivity contribution in [3.8, 4) is 5.75 Å². The summed E-state index contributed by atoms with van der Waals surface area (Å²) in [7, 11) is 0. The molecular formula is C10H11F2NO2. The second-order valence-corrected chi connectivity index (χ2v) is 2.91. The number of rotatable bonds is 4. The monoisotopic (exact) mass is 215 g/mol. The molecule has 0 aromatic heterocycles.